The Morgan fingerprint density at radius 2 is 1.90 bits per heavy atom. The van der Waals surface area contributed by atoms with Crippen molar-refractivity contribution >= 4 is 27.5 Å². The van der Waals surface area contributed by atoms with Gasteiger partial charge in [0, 0.05) is 10.2 Å². The molecule has 5 heteroatoms. The van der Waals surface area contributed by atoms with Crippen LogP contribution in [0.4, 0.5) is 10.1 Å². The smallest absolute Gasteiger partial charge is 0.238 e. The van der Waals surface area contributed by atoms with E-state index in [2.05, 4.69) is 26.6 Å². The van der Waals surface area contributed by atoms with E-state index < -0.39 is 0 Å². The Hall–Kier alpha value is -1.72. The van der Waals surface area contributed by atoms with Crippen LogP contribution in [0.5, 0.6) is 0 Å². The molecule has 0 saturated heterocycles. The molecule has 21 heavy (non-hydrogen) atoms. The van der Waals surface area contributed by atoms with Gasteiger partial charge in [-0.2, -0.15) is 0 Å². The molecule has 1 amide bonds. The number of carbonyl (C=O) groups excluding carboxylic acids is 1. The molecule has 0 atom stereocenters. The number of hydrogen-bond acceptors (Lipinski definition) is 2. The molecule has 0 radical (unpaired) electrons. The summed E-state index contributed by atoms with van der Waals surface area (Å²) in [5.41, 5.74) is 1.67. The van der Waals surface area contributed by atoms with Crippen LogP contribution in [0.3, 0.4) is 0 Å². The summed E-state index contributed by atoms with van der Waals surface area (Å²) in [4.78, 5) is 11.7. The van der Waals surface area contributed by atoms with Crippen LogP contribution in [0.15, 0.2) is 53.0 Å². The summed E-state index contributed by atoms with van der Waals surface area (Å²) >= 11 is 3.34. The second kappa shape index (κ2) is 7.90. The van der Waals surface area contributed by atoms with E-state index in [1.54, 1.807) is 6.07 Å². The van der Waals surface area contributed by atoms with Crippen LogP contribution in [0, 0.1) is 5.82 Å². The molecule has 0 aliphatic heterocycles. The first kappa shape index (κ1) is 15.7. The van der Waals surface area contributed by atoms with Crippen molar-refractivity contribution in [1.82, 2.24) is 5.32 Å². The van der Waals surface area contributed by atoms with Crippen molar-refractivity contribution in [1.29, 1.82) is 0 Å². The lowest BCUT2D eigenvalue weighted by Crippen LogP contribution is -2.29. The van der Waals surface area contributed by atoms with Crippen LogP contribution in [0.25, 0.3) is 0 Å². The van der Waals surface area contributed by atoms with E-state index in [1.807, 2.05) is 30.3 Å². The fraction of sp³-hybridized carbons (Fsp3) is 0.188. The van der Waals surface area contributed by atoms with Gasteiger partial charge >= 0.3 is 0 Å². The summed E-state index contributed by atoms with van der Waals surface area (Å²) in [6.07, 6.45) is 0.684. The molecule has 3 nitrogen and oxygen atoms in total. The number of hydrogen-bond donors (Lipinski definition) is 2. The van der Waals surface area contributed by atoms with Crippen molar-refractivity contribution < 1.29 is 9.18 Å². The van der Waals surface area contributed by atoms with Gasteiger partial charge in [-0.3, -0.25) is 4.79 Å². The van der Waals surface area contributed by atoms with Gasteiger partial charge in [0.2, 0.25) is 5.91 Å². The maximum Gasteiger partial charge on any atom is 0.238 e. The molecule has 0 spiro atoms. The van der Waals surface area contributed by atoms with Crippen LogP contribution in [-0.2, 0) is 11.2 Å². The standard InChI is InChI=1S/C16H16BrFN2O/c17-13-4-6-15(7-5-13)20-16(21)11-19-9-8-12-2-1-3-14(18)10-12/h1-7,10,19H,8-9,11H2,(H,20,21). The molecule has 0 aliphatic carbocycles. The first-order valence-corrected chi connectivity index (χ1v) is 7.43. The minimum atomic E-state index is -0.236. The maximum absolute atomic E-state index is 13.0. The van der Waals surface area contributed by atoms with Gasteiger partial charge in [-0.05, 0) is 54.9 Å². The van der Waals surface area contributed by atoms with Crippen LogP contribution in [0.2, 0.25) is 0 Å². The van der Waals surface area contributed by atoms with E-state index in [4.69, 9.17) is 0 Å². The third-order valence-electron chi connectivity index (χ3n) is 2.89. The lowest BCUT2D eigenvalue weighted by atomic mass is 10.1. The van der Waals surface area contributed by atoms with E-state index in [1.165, 1.54) is 12.1 Å². The molecule has 2 aromatic carbocycles. The zero-order chi connectivity index (χ0) is 15.1. The zero-order valence-corrected chi connectivity index (χ0v) is 13.0. The number of halogens is 2. The number of rotatable bonds is 6. The molecular weight excluding hydrogens is 335 g/mol. The number of benzene rings is 2. The first-order valence-electron chi connectivity index (χ1n) is 6.64. The maximum atomic E-state index is 13.0. The number of nitrogens with one attached hydrogen (secondary N) is 2. The topological polar surface area (TPSA) is 41.1 Å². The molecule has 2 aromatic rings. The van der Waals surface area contributed by atoms with Crippen molar-refractivity contribution in [3.63, 3.8) is 0 Å². The van der Waals surface area contributed by atoms with Crippen molar-refractivity contribution in [3.05, 3.63) is 64.4 Å². The van der Waals surface area contributed by atoms with Gasteiger partial charge in [0.05, 0.1) is 6.54 Å². The van der Waals surface area contributed by atoms with Gasteiger partial charge in [-0.15, -0.1) is 0 Å². The molecule has 110 valence electrons. The van der Waals surface area contributed by atoms with E-state index >= 15 is 0 Å². The minimum Gasteiger partial charge on any atom is -0.325 e. The van der Waals surface area contributed by atoms with Crippen molar-refractivity contribution in [2.24, 2.45) is 0 Å². The Morgan fingerprint density at radius 3 is 2.62 bits per heavy atom. The molecule has 0 fully saturated rings. The second-order valence-corrected chi connectivity index (χ2v) is 5.53. The molecule has 0 aromatic heterocycles. The van der Waals surface area contributed by atoms with Crippen molar-refractivity contribution in [2.45, 2.75) is 6.42 Å². The SMILES string of the molecule is O=C(CNCCc1cccc(F)c1)Nc1ccc(Br)cc1. The average molecular weight is 351 g/mol. The third kappa shape index (κ3) is 5.65. The van der Waals surface area contributed by atoms with Crippen LogP contribution < -0.4 is 10.6 Å². The van der Waals surface area contributed by atoms with Gasteiger partial charge in [0.25, 0.3) is 0 Å². The summed E-state index contributed by atoms with van der Waals surface area (Å²) in [5.74, 6) is -0.336. The molecule has 0 unspecified atom stereocenters. The van der Waals surface area contributed by atoms with Gasteiger partial charge < -0.3 is 10.6 Å². The fourth-order valence-electron chi connectivity index (χ4n) is 1.87. The van der Waals surface area contributed by atoms with E-state index in [-0.39, 0.29) is 18.3 Å². The van der Waals surface area contributed by atoms with Crippen LogP contribution >= 0.6 is 15.9 Å². The second-order valence-electron chi connectivity index (χ2n) is 4.61. The summed E-state index contributed by atoms with van der Waals surface area (Å²) < 4.78 is 14.0. The molecule has 2 rings (SSSR count). The van der Waals surface area contributed by atoms with Crippen LogP contribution in [0.1, 0.15) is 5.56 Å². The Labute approximate surface area is 131 Å². The first-order chi connectivity index (χ1) is 10.1. The Morgan fingerprint density at radius 1 is 1.14 bits per heavy atom. The van der Waals surface area contributed by atoms with Crippen molar-refractivity contribution in [3.8, 4) is 0 Å². The highest BCUT2D eigenvalue weighted by Crippen LogP contribution is 2.13. The summed E-state index contributed by atoms with van der Waals surface area (Å²) in [6, 6.07) is 13.9. The van der Waals surface area contributed by atoms with Gasteiger partial charge in [0.1, 0.15) is 5.82 Å². The highest BCUT2D eigenvalue weighted by Gasteiger charge is 2.02. The quantitative estimate of drug-likeness (QED) is 0.784. The molecular formula is C16H16BrFN2O. The normalized spacial score (nSPS) is 10.4. The summed E-state index contributed by atoms with van der Waals surface area (Å²) in [6.45, 7) is 0.850. The Kier molecular flexibility index (Phi) is 5.90. The molecule has 0 heterocycles. The molecule has 0 bridgehead atoms. The average Bonchev–Trinajstić information content (AvgIpc) is 2.46. The van der Waals surface area contributed by atoms with Gasteiger partial charge in [0.15, 0.2) is 0 Å². The number of carbonyl (C=O) groups is 1. The summed E-state index contributed by atoms with van der Waals surface area (Å²) in [5, 5.41) is 5.84. The minimum absolute atomic E-state index is 0.100. The van der Waals surface area contributed by atoms with Gasteiger partial charge in [-0.25, -0.2) is 4.39 Å². The lowest BCUT2D eigenvalue weighted by Gasteiger charge is -2.07. The molecule has 0 saturated carbocycles. The number of anilines is 1. The Balaban J connectivity index is 1.68. The predicted octanol–water partition coefficient (Wildman–Crippen LogP) is 3.36. The monoisotopic (exact) mass is 350 g/mol. The highest BCUT2D eigenvalue weighted by molar-refractivity contribution is 9.10. The van der Waals surface area contributed by atoms with Crippen molar-refractivity contribution in [2.75, 3.05) is 18.4 Å². The van der Waals surface area contributed by atoms with E-state index in [0.717, 1.165) is 15.7 Å². The third-order valence-corrected chi connectivity index (χ3v) is 3.42. The van der Waals surface area contributed by atoms with Crippen LogP contribution in [-0.4, -0.2) is 19.0 Å². The number of amides is 1. The zero-order valence-electron chi connectivity index (χ0n) is 11.4. The molecule has 2 N–H and O–H groups in total. The highest BCUT2D eigenvalue weighted by atomic mass is 79.9. The van der Waals surface area contributed by atoms with E-state index in [0.29, 0.717) is 13.0 Å². The Bertz CT molecular complexity index is 601. The van der Waals surface area contributed by atoms with E-state index in [9.17, 15) is 9.18 Å². The largest absolute Gasteiger partial charge is 0.325 e. The molecule has 0 aliphatic rings. The van der Waals surface area contributed by atoms with Gasteiger partial charge in [-0.1, -0.05) is 28.1 Å². The predicted molar refractivity (Wildman–Crippen MR) is 85.7 cm³/mol. The fourth-order valence-corrected chi connectivity index (χ4v) is 2.13. The lowest BCUT2D eigenvalue weighted by molar-refractivity contribution is -0.115. The summed E-state index contributed by atoms with van der Waals surface area (Å²) in [7, 11) is 0.